The first kappa shape index (κ1) is 18.0. The van der Waals surface area contributed by atoms with Crippen LogP contribution in [0.1, 0.15) is 31.2 Å². The van der Waals surface area contributed by atoms with Crippen LogP contribution >= 0.6 is 0 Å². The number of morpholine rings is 1. The maximum Gasteiger partial charge on any atom is 0.225 e. The lowest BCUT2D eigenvalue weighted by atomic mass is 9.91. The van der Waals surface area contributed by atoms with E-state index >= 15 is 0 Å². The molecule has 1 unspecified atom stereocenters. The molecule has 0 bridgehead atoms. The van der Waals surface area contributed by atoms with Crippen LogP contribution in [0.25, 0.3) is 0 Å². The van der Waals surface area contributed by atoms with Crippen LogP contribution < -0.4 is 0 Å². The fourth-order valence-electron chi connectivity index (χ4n) is 4.54. The van der Waals surface area contributed by atoms with Gasteiger partial charge in [-0.3, -0.25) is 9.69 Å². The van der Waals surface area contributed by atoms with Gasteiger partial charge in [0.2, 0.25) is 5.91 Å². The van der Waals surface area contributed by atoms with E-state index in [1.807, 2.05) is 0 Å². The number of carbonyl (C=O) groups excluding carboxylic acids is 1. The average Bonchev–Trinajstić information content (AvgIpc) is 2.69. The van der Waals surface area contributed by atoms with Crippen LogP contribution in [0.4, 0.5) is 0 Å². The van der Waals surface area contributed by atoms with Crippen molar-refractivity contribution < 1.29 is 14.3 Å². The van der Waals surface area contributed by atoms with Gasteiger partial charge in [0.1, 0.15) is 5.60 Å². The Morgan fingerprint density at radius 3 is 2.65 bits per heavy atom. The van der Waals surface area contributed by atoms with E-state index in [1.54, 1.807) is 0 Å². The van der Waals surface area contributed by atoms with Crippen molar-refractivity contribution >= 4 is 5.91 Å². The Labute approximate surface area is 156 Å². The summed E-state index contributed by atoms with van der Waals surface area (Å²) in [7, 11) is 0. The van der Waals surface area contributed by atoms with Gasteiger partial charge in [-0.25, -0.2) is 0 Å². The summed E-state index contributed by atoms with van der Waals surface area (Å²) in [6.45, 7) is 6.52. The molecular formula is C21H30N2O3. The molecule has 3 saturated heterocycles. The summed E-state index contributed by atoms with van der Waals surface area (Å²) >= 11 is 0. The van der Waals surface area contributed by atoms with E-state index in [9.17, 15) is 4.79 Å². The molecular weight excluding hydrogens is 328 g/mol. The van der Waals surface area contributed by atoms with Gasteiger partial charge in [0.15, 0.2) is 0 Å². The standard InChI is InChI=1S/C21H30N2O3/c24-20(23-12-14-26-21(16-23)9-4-13-25-17-21)19-7-10-22(11-8-19)15-18-5-2-1-3-6-18/h1-3,5-6,19H,4,7-17H2. The summed E-state index contributed by atoms with van der Waals surface area (Å²) in [5.74, 6) is 0.499. The number of hydrogen-bond donors (Lipinski definition) is 0. The van der Waals surface area contributed by atoms with Crippen LogP contribution in [0.2, 0.25) is 0 Å². The monoisotopic (exact) mass is 358 g/mol. The van der Waals surface area contributed by atoms with E-state index in [1.165, 1.54) is 5.56 Å². The quantitative estimate of drug-likeness (QED) is 0.832. The van der Waals surface area contributed by atoms with Gasteiger partial charge in [-0.1, -0.05) is 30.3 Å². The van der Waals surface area contributed by atoms with E-state index in [-0.39, 0.29) is 11.5 Å². The van der Waals surface area contributed by atoms with Crippen molar-refractivity contribution in [3.8, 4) is 0 Å². The van der Waals surface area contributed by atoms with Gasteiger partial charge in [0, 0.05) is 25.6 Å². The maximum absolute atomic E-state index is 13.1. The Balaban J connectivity index is 1.29. The molecule has 5 nitrogen and oxygen atoms in total. The van der Waals surface area contributed by atoms with E-state index in [0.717, 1.165) is 58.5 Å². The number of piperidine rings is 1. The molecule has 1 atom stereocenters. The summed E-state index contributed by atoms with van der Waals surface area (Å²) in [6.07, 6.45) is 3.96. The molecule has 26 heavy (non-hydrogen) atoms. The van der Waals surface area contributed by atoms with E-state index in [2.05, 4.69) is 40.1 Å². The van der Waals surface area contributed by atoms with Crippen molar-refractivity contribution in [2.75, 3.05) is 46.0 Å². The Morgan fingerprint density at radius 1 is 1.12 bits per heavy atom. The predicted octanol–water partition coefficient (Wildman–Crippen LogP) is 2.31. The molecule has 1 aromatic carbocycles. The van der Waals surface area contributed by atoms with Gasteiger partial charge < -0.3 is 14.4 Å². The zero-order valence-electron chi connectivity index (χ0n) is 15.6. The van der Waals surface area contributed by atoms with Crippen molar-refractivity contribution in [2.24, 2.45) is 5.92 Å². The number of carbonyl (C=O) groups is 1. The van der Waals surface area contributed by atoms with Gasteiger partial charge in [0.05, 0.1) is 19.8 Å². The van der Waals surface area contributed by atoms with Crippen LogP contribution in [0.15, 0.2) is 30.3 Å². The van der Waals surface area contributed by atoms with Crippen LogP contribution in [0.5, 0.6) is 0 Å². The van der Waals surface area contributed by atoms with Crippen molar-refractivity contribution in [1.29, 1.82) is 0 Å². The number of ether oxygens (including phenoxy) is 2. The number of hydrogen-bond acceptors (Lipinski definition) is 4. The van der Waals surface area contributed by atoms with Crippen LogP contribution in [0, 0.1) is 5.92 Å². The molecule has 3 aliphatic heterocycles. The number of nitrogens with zero attached hydrogens (tertiary/aromatic N) is 2. The number of rotatable bonds is 3. The molecule has 142 valence electrons. The highest BCUT2D eigenvalue weighted by Gasteiger charge is 2.41. The van der Waals surface area contributed by atoms with Gasteiger partial charge in [-0.05, 0) is 44.3 Å². The molecule has 0 radical (unpaired) electrons. The van der Waals surface area contributed by atoms with Crippen LogP contribution in [-0.4, -0.2) is 67.3 Å². The van der Waals surface area contributed by atoms with Gasteiger partial charge in [-0.2, -0.15) is 0 Å². The van der Waals surface area contributed by atoms with Crippen molar-refractivity contribution in [2.45, 2.75) is 37.8 Å². The summed E-state index contributed by atoms with van der Waals surface area (Å²) in [4.78, 5) is 17.6. The smallest absolute Gasteiger partial charge is 0.225 e. The first-order valence-corrected chi connectivity index (χ1v) is 10.0. The molecule has 1 spiro atoms. The highest BCUT2D eigenvalue weighted by Crippen LogP contribution is 2.29. The fraction of sp³-hybridized carbons (Fsp3) is 0.667. The second-order valence-corrected chi connectivity index (χ2v) is 7.98. The lowest BCUT2D eigenvalue weighted by molar-refractivity contribution is -0.179. The molecule has 1 aromatic rings. The summed E-state index contributed by atoms with van der Waals surface area (Å²) in [5.41, 5.74) is 1.10. The van der Waals surface area contributed by atoms with Crippen LogP contribution in [0.3, 0.4) is 0 Å². The Bertz CT molecular complexity index is 587. The van der Waals surface area contributed by atoms with Crippen molar-refractivity contribution in [3.05, 3.63) is 35.9 Å². The van der Waals surface area contributed by atoms with E-state index in [0.29, 0.717) is 25.7 Å². The minimum Gasteiger partial charge on any atom is -0.378 e. The minimum atomic E-state index is -0.250. The number of amides is 1. The lowest BCUT2D eigenvalue weighted by Crippen LogP contribution is -2.58. The minimum absolute atomic E-state index is 0.168. The largest absolute Gasteiger partial charge is 0.378 e. The van der Waals surface area contributed by atoms with Gasteiger partial charge in [0.25, 0.3) is 0 Å². The molecule has 0 saturated carbocycles. The third kappa shape index (κ3) is 4.11. The van der Waals surface area contributed by atoms with Crippen molar-refractivity contribution in [3.63, 3.8) is 0 Å². The normalized spacial score (nSPS) is 28.4. The number of benzene rings is 1. The van der Waals surface area contributed by atoms with Gasteiger partial charge in [-0.15, -0.1) is 0 Å². The molecule has 3 aliphatic rings. The second-order valence-electron chi connectivity index (χ2n) is 7.98. The van der Waals surface area contributed by atoms with E-state index in [4.69, 9.17) is 9.47 Å². The second kappa shape index (κ2) is 8.07. The average molecular weight is 358 g/mol. The highest BCUT2D eigenvalue weighted by molar-refractivity contribution is 5.79. The van der Waals surface area contributed by atoms with Gasteiger partial charge >= 0.3 is 0 Å². The fourth-order valence-corrected chi connectivity index (χ4v) is 4.54. The molecule has 4 rings (SSSR count). The maximum atomic E-state index is 13.1. The first-order valence-electron chi connectivity index (χ1n) is 10.0. The molecule has 3 fully saturated rings. The SMILES string of the molecule is O=C(C1CCN(Cc2ccccc2)CC1)N1CCOC2(CCCOC2)C1. The summed E-state index contributed by atoms with van der Waals surface area (Å²) in [5, 5.41) is 0. The molecule has 0 N–H and O–H groups in total. The molecule has 3 heterocycles. The Hall–Kier alpha value is -1.43. The Kier molecular flexibility index (Phi) is 5.57. The molecule has 0 aliphatic carbocycles. The predicted molar refractivity (Wildman–Crippen MR) is 99.8 cm³/mol. The molecule has 0 aromatic heterocycles. The molecule has 1 amide bonds. The van der Waals surface area contributed by atoms with Crippen LogP contribution in [-0.2, 0) is 20.8 Å². The van der Waals surface area contributed by atoms with Crippen molar-refractivity contribution in [1.82, 2.24) is 9.80 Å². The zero-order valence-corrected chi connectivity index (χ0v) is 15.6. The molecule has 5 heteroatoms. The highest BCUT2D eigenvalue weighted by atomic mass is 16.5. The zero-order chi connectivity index (χ0) is 17.8. The topological polar surface area (TPSA) is 42.0 Å². The Morgan fingerprint density at radius 2 is 1.92 bits per heavy atom. The third-order valence-electron chi connectivity index (χ3n) is 6.03. The number of likely N-dealkylation sites (tertiary alicyclic amines) is 1. The first-order chi connectivity index (χ1) is 12.7. The van der Waals surface area contributed by atoms with E-state index < -0.39 is 0 Å². The third-order valence-corrected chi connectivity index (χ3v) is 6.03. The summed E-state index contributed by atoms with van der Waals surface area (Å²) in [6, 6.07) is 10.6. The lowest BCUT2D eigenvalue weighted by Gasteiger charge is -2.45. The summed E-state index contributed by atoms with van der Waals surface area (Å²) < 4.78 is 11.7.